The van der Waals surface area contributed by atoms with Gasteiger partial charge in [0.1, 0.15) is 0 Å². The smallest absolute Gasteiger partial charge is 0.0546 e. The summed E-state index contributed by atoms with van der Waals surface area (Å²) in [7, 11) is 0. The van der Waals surface area contributed by atoms with Gasteiger partial charge in [-0.1, -0.05) is 127 Å². The Kier molecular flexibility index (Phi) is 6.17. The van der Waals surface area contributed by atoms with Crippen molar-refractivity contribution < 1.29 is 0 Å². The molecule has 0 spiro atoms. The Morgan fingerprint density at radius 3 is 1.91 bits per heavy atom. The van der Waals surface area contributed by atoms with Gasteiger partial charge in [-0.15, -0.1) is 0 Å². The summed E-state index contributed by atoms with van der Waals surface area (Å²) in [5.41, 5.74) is 11.9. The van der Waals surface area contributed by atoms with Crippen LogP contribution in [-0.2, 0) is 0 Å². The molecule has 1 aliphatic heterocycles. The molecule has 0 bridgehead atoms. The fourth-order valence-corrected chi connectivity index (χ4v) is 7.07. The zero-order chi connectivity index (χ0) is 30.5. The number of hydrogen-bond donors (Lipinski definition) is 0. The molecule has 0 atom stereocenters. The van der Waals surface area contributed by atoms with Crippen LogP contribution in [0.4, 0.5) is 34.1 Å². The highest BCUT2D eigenvalue weighted by atomic mass is 15.2. The largest absolute Gasteiger partial charge is 0.310 e. The SMILES string of the molecule is c1ccc(-c2cccc(N(c3ccc(N4c5ccccc5-c5cccc6cccc4c56)cc3)c3cccc4ccccc34)c2)cc1. The summed E-state index contributed by atoms with van der Waals surface area (Å²) in [4.78, 5) is 4.80. The van der Waals surface area contributed by atoms with E-state index >= 15 is 0 Å². The third-order valence-electron chi connectivity index (χ3n) is 9.14. The van der Waals surface area contributed by atoms with Crippen LogP contribution in [0.15, 0.2) is 182 Å². The average Bonchev–Trinajstić information content (AvgIpc) is 3.13. The van der Waals surface area contributed by atoms with Crippen LogP contribution in [0.3, 0.4) is 0 Å². The molecule has 2 nitrogen and oxygen atoms in total. The number of nitrogens with zero attached hydrogens (tertiary/aromatic N) is 2. The van der Waals surface area contributed by atoms with Gasteiger partial charge in [0.25, 0.3) is 0 Å². The molecule has 8 aromatic rings. The van der Waals surface area contributed by atoms with Crippen molar-refractivity contribution in [3.63, 3.8) is 0 Å². The van der Waals surface area contributed by atoms with E-state index in [1.54, 1.807) is 0 Å². The minimum Gasteiger partial charge on any atom is -0.310 e. The molecule has 0 aromatic heterocycles. The highest BCUT2D eigenvalue weighted by Gasteiger charge is 2.26. The van der Waals surface area contributed by atoms with Crippen LogP contribution >= 0.6 is 0 Å². The van der Waals surface area contributed by atoms with Gasteiger partial charge in [-0.3, -0.25) is 0 Å². The monoisotopic (exact) mass is 586 g/mol. The van der Waals surface area contributed by atoms with E-state index in [-0.39, 0.29) is 0 Å². The van der Waals surface area contributed by atoms with Crippen LogP contribution in [0, 0.1) is 0 Å². The van der Waals surface area contributed by atoms with Crippen LogP contribution in [0.25, 0.3) is 43.8 Å². The molecule has 1 aliphatic rings. The van der Waals surface area contributed by atoms with Crippen LogP contribution in [0.5, 0.6) is 0 Å². The van der Waals surface area contributed by atoms with E-state index in [4.69, 9.17) is 0 Å². The summed E-state index contributed by atoms with van der Waals surface area (Å²) in [6.45, 7) is 0. The standard InChI is InChI=1S/C44H30N2/c1-2-12-31(13-3-1)34-18-8-19-37(30-34)45(41-24-10-15-32-14-4-5-20-38(32)41)35-26-28-36(29-27-35)46-42-23-7-6-21-39(42)40-22-9-16-33-17-11-25-43(46)44(33)40/h1-30H. The summed E-state index contributed by atoms with van der Waals surface area (Å²) in [5, 5.41) is 4.99. The first-order chi connectivity index (χ1) is 22.8. The molecule has 0 amide bonds. The maximum absolute atomic E-state index is 2.41. The van der Waals surface area contributed by atoms with Gasteiger partial charge in [0.2, 0.25) is 0 Å². The Bertz CT molecular complexity index is 2360. The van der Waals surface area contributed by atoms with Crippen molar-refractivity contribution in [3.8, 4) is 22.3 Å². The van der Waals surface area contributed by atoms with Crippen molar-refractivity contribution in [3.05, 3.63) is 182 Å². The molecule has 0 radical (unpaired) electrons. The van der Waals surface area contributed by atoms with Gasteiger partial charge in [-0.05, 0) is 82.1 Å². The molecule has 0 aliphatic carbocycles. The summed E-state index contributed by atoms with van der Waals surface area (Å²) < 4.78 is 0. The molecule has 0 saturated carbocycles. The third kappa shape index (κ3) is 4.27. The Morgan fingerprint density at radius 2 is 1.02 bits per heavy atom. The Morgan fingerprint density at radius 1 is 0.391 bits per heavy atom. The molecule has 216 valence electrons. The quantitative estimate of drug-likeness (QED) is 0.198. The lowest BCUT2D eigenvalue weighted by Crippen LogP contribution is -2.15. The van der Waals surface area contributed by atoms with Crippen molar-refractivity contribution in [2.45, 2.75) is 0 Å². The van der Waals surface area contributed by atoms with E-state index < -0.39 is 0 Å². The Balaban J connectivity index is 1.21. The first-order valence-electron chi connectivity index (χ1n) is 15.8. The second kappa shape index (κ2) is 10.8. The summed E-state index contributed by atoms with van der Waals surface area (Å²) in [6, 6.07) is 65.7. The van der Waals surface area contributed by atoms with Crippen LogP contribution in [0.2, 0.25) is 0 Å². The highest BCUT2D eigenvalue weighted by Crippen LogP contribution is 2.51. The van der Waals surface area contributed by atoms with E-state index in [0.29, 0.717) is 0 Å². The van der Waals surface area contributed by atoms with Gasteiger partial charge in [0, 0.05) is 33.4 Å². The molecule has 0 saturated heterocycles. The van der Waals surface area contributed by atoms with Crippen LogP contribution in [0.1, 0.15) is 0 Å². The van der Waals surface area contributed by atoms with Gasteiger partial charge in [-0.25, -0.2) is 0 Å². The molecule has 8 aromatic carbocycles. The maximum atomic E-state index is 2.41. The van der Waals surface area contributed by atoms with Crippen molar-refractivity contribution >= 4 is 55.7 Å². The van der Waals surface area contributed by atoms with Gasteiger partial charge in [-0.2, -0.15) is 0 Å². The van der Waals surface area contributed by atoms with E-state index in [2.05, 4.69) is 192 Å². The lowest BCUT2D eigenvalue weighted by Gasteiger charge is -2.34. The maximum Gasteiger partial charge on any atom is 0.0546 e. The Hall–Kier alpha value is -6.12. The van der Waals surface area contributed by atoms with Gasteiger partial charge < -0.3 is 9.80 Å². The highest BCUT2D eigenvalue weighted by molar-refractivity contribution is 6.13. The topological polar surface area (TPSA) is 6.48 Å². The molecule has 9 rings (SSSR count). The van der Waals surface area contributed by atoms with E-state index in [1.165, 1.54) is 55.2 Å². The molecule has 46 heavy (non-hydrogen) atoms. The molecular weight excluding hydrogens is 556 g/mol. The zero-order valence-corrected chi connectivity index (χ0v) is 25.2. The predicted molar refractivity (Wildman–Crippen MR) is 195 cm³/mol. The minimum atomic E-state index is 1.11. The second-order valence-electron chi connectivity index (χ2n) is 11.8. The third-order valence-corrected chi connectivity index (χ3v) is 9.14. The minimum absolute atomic E-state index is 1.11. The number of fused-ring (bicyclic) bond motifs is 3. The lowest BCUT2D eigenvalue weighted by atomic mass is 9.91. The first-order valence-corrected chi connectivity index (χ1v) is 15.8. The zero-order valence-electron chi connectivity index (χ0n) is 25.2. The molecule has 2 heteroatoms. The molecular formula is C44H30N2. The fourth-order valence-electron chi connectivity index (χ4n) is 7.07. The number of hydrogen-bond acceptors (Lipinski definition) is 2. The fraction of sp³-hybridized carbons (Fsp3) is 0. The van der Waals surface area contributed by atoms with Crippen molar-refractivity contribution in [1.29, 1.82) is 0 Å². The van der Waals surface area contributed by atoms with Crippen molar-refractivity contribution in [2.24, 2.45) is 0 Å². The summed E-state index contributed by atoms with van der Waals surface area (Å²) >= 11 is 0. The van der Waals surface area contributed by atoms with Crippen molar-refractivity contribution in [2.75, 3.05) is 9.80 Å². The van der Waals surface area contributed by atoms with E-state index in [0.717, 1.165) is 22.7 Å². The molecule has 0 N–H and O–H groups in total. The van der Waals surface area contributed by atoms with E-state index in [9.17, 15) is 0 Å². The molecule has 0 unspecified atom stereocenters. The number of benzene rings is 8. The average molecular weight is 587 g/mol. The van der Waals surface area contributed by atoms with Gasteiger partial charge >= 0.3 is 0 Å². The predicted octanol–water partition coefficient (Wildman–Crippen LogP) is 12.6. The summed E-state index contributed by atoms with van der Waals surface area (Å²) in [5.74, 6) is 0. The second-order valence-corrected chi connectivity index (χ2v) is 11.8. The van der Waals surface area contributed by atoms with Gasteiger partial charge in [0.15, 0.2) is 0 Å². The number of rotatable bonds is 5. The van der Waals surface area contributed by atoms with Crippen LogP contribution in [-0.4, -0.2) is 0 Å². The van der Waals surface area contributed by atoms with E-state index in [1.807, 2.05) is 0 Å². The first kappa shape index (κ1) is 26.3. The normalized spacial score (nSPS) is 11.9. The van der Waals surface area contributed by atoms with Crippen LogP contribution < -0.4 is 9.80 Å². The molecule has 1 heterocycles. The lowest BCUT2D eigenvalue weighted by molar-refractivity contribution is 1.26. The van der Waals surface area contributed by atoms with Gasteiger partial charge in [0.05, 0.1) is 17.1 Å². The summed E-state index contributed by atoms with van der Waals surface area (Å²) in [6.07, 6.45) is 0. The molecule has 0 fully saturated rings. The number of anilines is 6. The number of para-hydroxylation sites is 1. The van der Waals surface area contributed by atoms with Crippen molar-refractivity contribution in [1.82, 2.24) is 0 Å². The Labute approximate surface area is 269 Å².